The number of thiocarbonyl (C=S) groups is 1. The number of nitrogens with two attached hydrogens (primary N) is 1. The molecule has 2 rings (SSSR count). The van der Waals surface area contributed by atoms with Crippen LogP contribution in [0.3, 0.4) is 0 Å². The van der Waals surface area contributed by atoms with Gasteiger partial charge in [0.2, 0.25) is 0 Å². The van der Waals surface area contributed by atoms with Gasteiger partial charge in [-0.15, -0.1) is 5.10 Å². The largest absolute Gasteiger partial charge is 0.392 e. The maximum atomic E-state index is 12.2. The Kier molecular flexibility index (Phi) is 4.81. The summed E-state index contributed by atoms with van der Waals surface area (Å²) in [6.45, 7) is 1.77. The molecular weight excluding hydrogens is 280 g/mol. The van der Waals surface area contributed by atoms with Gasteiger partial charge in [-0.2, -0.15) is 0 Å². The number of carbonyl (C=O) groups is 1. The molecule has 0 aromatic carbocycles. The number of amides is 1. The quantitative estimate of drug-likeness (QED) is 0.829. The van der Waals surface area contributed by atoms with Crippen LogP contribution in [0.25, 0.3) is 0 Å². The SMILES string of the molecule is Cc1nnsc1C(=O)NC(C(N)=S)C1CCCCC1. The van der Waals surface area contributed by atoms with Gasteiger partial charge in [-0.3, -0.25) is 4.79 Å². The van der Waals surface area contributed by atoms with Crippen LogP contribution in [-0.2, 0) is 0 Å². The summed E-state index contributed by atoms with van der Waals surface area (Å²) in [4.78, 5) is 13.1. The molecule has 1 aliphatic rings. The van der Waals surface area contributed by atoms with E-state index in [2.05, 4.69) is 14.9 Å². The molecule has 7 heteroatoms. The standard InChI is InChI=1S/C12H18N4OS2/c1-7-10(19-16-15-7)12(17)14-9(11(13)18)8-5-3-2-4-6-8/h8-9H,2-6H2,1H3,(H2,13,18)(H,14,17). The topological polar surface area (TPSA) is 80.9 Å². The van der Waals surface area contributed by atoms with Crippen molar-refractivity contribution in [2.24, 2.45) is 11.7 Å². The highest BCUT2D eigenvalue weighted by molar-refractivity contribution is 7.80. The lowest BCUT2D eigenvalue weighted by molar-refractivity contribution is 0.0935. The Balaban J connectivity index is 2.06. The molecule has 104 valence electrons. The van der Waals surface area contributed by atoms with E-state index in [1.807, 2.05) is 0 Å². The van der Waals surface area contributed by atoms with E-state index in [1.54, 1.807) is 6.92 Å². The molecule has 1 amide bonds. The van der Waals surface area contributed by atoms with E-state index in [9.17, 15) is 4.79 Å². The third-order valence-electron chi connectivity index (χ3n) is 3.57. The molecular formula is C12H18N4OS2. The van der Waals surface area contributed by atoms with Crippen molar-refractivity contribution in [2.45, 2.75) is 45.1 Å². The normalized spacial score (nSPS) is 17.9. The highest BCUT2D eigenvalue weighted by atomic mass is 32.1. The number of carbonyl (C=O) groups excluding carboxylic acids is 1. The monoisotopic (exact) mass is 298 g/mol. The Morgan fingerprint density at radius 1 is 1.47 bits per heavy atom. The number of aryl methyl sites for hydroxylation is 1. The van der Waals surface area contributed by atoms with E-state index < -0.39 is 0 Å². The first-order valence-corrected chi connectivity index (χ1v) is 7.67. The van der Waals surface area contributed by atoms with Crippen molar-refractivity contribution in [1.29, 1.82) is 0 Å². The first-order chi connectivity index (χ1) is 9.09. The van der Waals surface area contributed by atoms with Crippen LogP contribution < -0.4 is 11.1 Å². The second kappa shape index (κ2) is 6.38. The van der Waals surface area contributed by atoms with Crippen molar-refractivity contribution in [2.75, 3.05) is 0 Å². The second-order valence-corrected chi connectivity index (χ2v) is 6.16. The molecule has 0 aliphatic heterocycles. The average molecular weight is 298 g/mol. The van der Waals surface area contributed by atoms with Gasteiger partial charge in [-0.25, -0.2) is 0 Å². The van der Waals surface area contributed by atoms with E-state index >= 15 is 0 Å². The average Bonchev–Trinajstić information content (AvgIpc) is 2.82. The van der Waals surface area contributed by atoms with Gasteiger partial charge in [-0.05, 0) is 37.2 Å². The number of rotatable bonds is 4. The molecule has 1 aromatic rings. The van der Waals surface area contributed by atoms with Gasteiger partial charge in [0.1, 0.15) is 4.88 Å². The third kappa shape index (κ3) is 3.48. The Morgan fingerprint density at radius 3 is 2.68 bits per heavy atom. The van der Waals surface area contributed by atoms with Gasteiger partial charge in [0, 0.05) is 0 Å². The van der Waals surface area contributed by atoms with E-state index in [1.165, 1.54) is 19.3 Å². The minimum Gasteiger partial charge on any atom is -0.392 e. The lowest BCUT2D eigenvalue weighted by Gasteiger charge is -2.30. The van der Waals surface area contributed by atoms with Gasteiger partial charge in [0.05, 0.1) is 16.7 Å². The molecule has 1 aliphatic carbocycles. The summed E-state index contributed by atoms with van der Waals surface area (Å²) >= 11 is 6.21. The van der Waals surface area contributed by atoms with Crippen molar-refractivity contribution in [3.8, 4) is 0 Å². The molecule has 0 bridgehead atoms. The van der Waals surface area contributed by atoms with Crippen molar-refractivity contribution < 1.29 is 4.79 Å². The summed E-state index contributed by atoms with van der Waals surface area (Å²) in [5.41, 5.74) is 6.44. The van der Waals surface area contributed by atoms with Crippen LogP contribution in [-0.4, -0.2) is 26.5 Å². The lowest BCUT2D eigenvalue weighted by atomic mass is 9.84. The second-order valence-electron chi connectivity index (χ2n) is 4.94. The number of aromatic nitrogens is 2. The Morgan fingerprint density at radius 2 is 2.16 bits per heavy atom. The molecule has 19 heavy (non-hydrogen) atoms. The molecule has 1 saturated carbocycles. The molecule has 1 heterocycles. The van der Waals surface area contributed by atoms with Gasteiger partial charge < -0.3 is 11.1 Å². The van der Waals surface area contributed by atoms with Crippen LogP contribution in [0.15, 0.2) is 0 Å². The maximum Gasteiger partial charge on any atom is 0.265 e. The Hall–Kier alpha value is -1.08. The minimum atomic E-state index is -0.218. The van der Waals surface area contributed by atoms with Crippen LogP contribution in [0.5, 0.6) is 0 Å². The molecule has 0 spiro atoms. The molecule has 5 nitrogen and oxygen atoms in total. The van der Waals surface area contributed by atoms with E-state index in [0.29, 0.717) is 21.5 Å². The zero-order chi connectivity index (χ0) is 13.8. The number of nitrogens with zero attached hydrogens (tertiary/aromatic N) is 2. The maximum absolute atomic E-state index is 12.2. The smallest absolute Gasteiger partial charge is 0.265 e. The summed E-state index contributed by atoms with van der Waals surface area (Å²) in [6, 6.07) is -0.218. The number of nitrogens with one attached hydrogen (secondary N) is 1. The van der Waals surface area contributed by atoms with E-state index in [-0.39, 0.29) is 11.9 Å². The molecule has 1 atom stereocenters. The first-order valence-electron chi connectivity index (χ1n) is 6.48. The third-order valence-corrected chi connectivity index (χ3v) is 4.65. The van der Waals surface area contributed by atoms with Crippen LogP contribution in [0.4, 0.5) is 0 Å². The van der Waals surface area contributed by atoms with E-state index in [0.717, 1.165) is 24.4 Å². The molecule has 3 N–H and O–H groups in total. The summed E-state index contributed by atoms with van der Waals surface area (Å²) in [7, 11) is 0. The fourth-order valence-corrected chi connectivity index (χ4v) is 3.35. The van der Waals surface area contributed by atoms with Crippen molar-refractivity contribution in [3.63, 3.8) is 0 Å². The lowest BCUT2D eigenvalue weighted by Crippen LogP contribution is -2.48. The van der Waals surface area contributed by atoms with Crippen molar-refractivity contribution in [1.82, 2.24) is 14.9 Å². The molecule has 1 fully saturated rings. The van der Waals surface area contributed by atoms with Crippen LogP contribution >= 0.6 is 23.8 Å². The zero-order valence-electron chi connectivity index (χ0n) is 10.9. The molecule has 1 unspecified atom stereocenters. The predicted octanol–water partition coefficient (Wildman–Crippen LogP) is 1.81. The van der Waals surface area contributed by atoms with Crippen LogP contribution in [0, 0.1) is 12.8 Å². The van der Waals surface area contributed by atoms with Gasteiger partial charge in [-0.1, -0.05) is 36.0 Å². The molecule has 0 saturated heterocycles. The predicted molar refractivity (Wildman–Crippen MR) is 79.3 cm³/mol. The summed E-state index contributed by atoms with van der Waals surface area (Å²) in [5.74, 6) is 0.187. The van der Waals surface area contributed by atoms with Crippen molar-refractivity contribution >= 4 is 34.6 Å². The van der Waals surface area contributed by atoms with Crippen molar-refractivity contribution in [3.05, 3.63) is 10.6 Å². The number of hydrogen-bond acceptors (Lipinski definition) is 5. The highest BCUT2D eigenvalue weighted by Crippen LogP contribution is 2.27. The summed E-state index contributed by atoms with van der Waals surface area (Å²) in [6.07, 6.45) is 5.76. The van der Waals surface area contributed by atoms with Crippen LogP contribution in [0.1, 0.15) is 47.5 Å². The van der Waals surface area contributed by atoms with Gasteiger partial charge >= 0.3 is 0 Å². The fourth-order valence-electron chi connectivity index (χ4n) is 2.54. The minimum absolute atomic E-state index is 0.170. The Bertz CT molecular complexity index is 468. The van der Waals surface area contributed by atoms with Gasteiger partial charge in [0.25, 0.3) is 5.91 Å². The summed E-state index contributed by atoms with van der Waals surface area (Å²) < 4.78 is 3.77. The highest BCUT2D eigenvalue weighted by Gasteiger charge is 2.28. The van der Waals surface area contributed by atoms with Crippen LogP contribution in [0.2, 0.25) is 0 Å². The number of hydrogen-bond donors (Lipinski definition) is 2. The summed E-state index contributed by atoms with van der Waals surface area (Å²) in [5, 5.41) is 6.80. The first kappa shape index (κ1) is 14.3. The zero-order valence-corrected chi connectivity index (χ0v) is 12.5. The molecule has 1 aromatic heterocycles. The fraction of sp³-hybridized carbons (Fsp3) is 0.667. The Labute approximate surface area is 122 Å². The molecule has 0 radical (unpaired) electrons. The van der Waals surface area contributed by atoms with Gasteiger partial charge in [0.15, 0.2) is 0 Å². The van der Waals surface area contributed by atoms with E-state index in [4.69, 9.17) is 18.0 Å².